The molecule has 0 radical (unpaired) electrons. The van der Waals surface area contributed by atoms with Gasteiger partial charge in [0.15, 0.2) is 0 Å². The highest BCUT2D eigenvalue weighted by molar-refractivity contribution is 7.11. The molecule has 0 fully saturated rings. The van der Waals surface area contributed by atoms with Gasteiger partial charge in [-0.25, -0.2) is 0 Å². The lowest BCUT2D eigenvalue weighted by atomic mass is 9.85. The van der Waals surface area contributed by atoms with Crippen molar-refractivity contribution in [1.29, 1.82) is 0 Å². The molecular weight excluding hydrogens is 200 g/mol. The fourth-order valence-corrected chi connectivity index (χ4v) is 2.46. The molecule has 1 aromatic heterocycles. The highest BCUT2D eigenvalue weighted by atomic mass is 32.1. The Kier molecular flexibility index (Phi) is 3.25. The first-order valence-corrected chi connectivity index (χ1v) is 6.38. The van der Waals surface area contributed by atoms with Gasteiger partial charge in [-0.15, -0.1) is 0 Å². The van der Waals surface area contributed by atoms with Crippen molar-refractivity contribution >= 4 is 11.3 Å². The smallest absolute Gasteiger partial charge is 0.0561 e. The van der Waals surface area contributed by atoms with E-state index in [0.717, 1.165) is 0 Å². The molecule has 0 bridgehead atoms. The van der Waals surface area contributed by atoms with Crippen molar-refractivity contribution < 1.29 is 0 Å². The Morgan fingerprint density at radius 2 is 1.40 bits per heavy atom. The first-order valence-electron chi connectivity index (χ1n) is 5.56. The lowest BCUT2D eigenvalue weighted by Crippen LogP contribution is -2.15. The number of aryl methyl sites for hydroxylation is 1. The predicted molar refractivity (Wildman–Crippen MR) is 70.9 cm³/mol. The summed E-state index contributed by atoms with van der Waals surface area (Å²) in [5, 5.41) is 0. The molecule has 0 atom stereocenters. The molecule has 0 aromatic carbocycles. The maximum Gasteiger partial charge on any atom is 0.218 e. The maximum absolute atomic E-state index is 2.37. The average Bonchev–Trinajstić information content (AvgIpc) is 1.99. The molecule has 1 heteroatoms. The Labute approximate surface area is 98.4 Å². The van der Waals surface area contributed by atoms with Gasteiger partial charge in [0.25, 0.3) is 0 Å². The van der Waals surface area contributed by atoms with Crippen LogP contribution < -0.4 is 0 Å². The Morgan fingerprint density at radius 1 is 0.867 bits per heavy atom. The first-order chi connectivity index (χ1) is 6.60. The van der Waals surface area contributed by atoms with Crippen LogP contribution in [0.4, 0.5) is 0 Å². The van der Waals surface area contributed by atoms with Crippen molar-refractivity contribution in [2.45, 2.75) is 59.3 Å². The molecule has 15 heavy (non-hydrogen) atoms. The molecule has 0 spiro atoms. The van der Waals surface area contributed by atoms with E-state index in [9.17, 15) is 0 Å². The van der Waals surface area contributed by atoms with Gasteiger partial charge < -0.3 is 0 Å². The van der Waals surface area contributed by atoms with Gasteiger partial charge in [-0.05, 0) is 11.0 Å². The Morgan fingerprint density at radius 3 is 1.80 bits per heavy atom. The van der Waals surface area contributed by atoms with Crippen molar-refractivity contribution in [3.63, 3.8) is 0 Å². The molecule has 0 saturated carbocycles. The van der Waals surface area contributed by atoms with Crippen LogP contribution >= 0.6 is 11.3 Å². The normalized spacial score (nSPS) is 13.0. The van der Waals surface area contributed by atoms with Crippen LogP contribution in [0.15, 0.2) is 12.1 Å². The summed E-state index contributed by atoms with van der Waals surface area (Å²) in [6, 6.07) is 4.69. The van der Waals surface area contributed by atoms with Gasteiger partial charge in [0.2, 0.25) is 21.1 Å². The van der Waals surface area contributed by atoms with Crippen LogP contribution in [0.5, 0.6) is 0 Å². The highest BCUT2D eigenvalue weighted by Crippen LogP contribution is 2.33. The van der Waals surface area contributed by atoms with Gasteiger partial charge in [0.1, 0.15) is 0 Å². The topological polar surface area (TPSA) is 0 Å². The lowest BCUT2D eigenvalue weighted by Gasteiger charge is -2.20. The zero-order valence-electron chi connectivity index (χ0n) is 11.1. The Bertz CT molecular complexity index is 318. The summed E-state index contributed by atoms with van der Waals surface area (Å²) >= 11 is 1.91. The van der Waals surface area contributed by atoms with Gasteiger partial charge in [0, 0.05) is 24.5 Å². The lowest BCUT2D eigenvalue weighted by molar-refractivity contribution is 0.576. The number of hydrogen-bond donors (Lipinski definition) is 0. The first kappa shape index (κ1) is 12.6. The molecule has 0 N–H and O–H groups in total. The fraction of sp³-hybridized carbons (Fsp3) is 0.643. The van der Waals surface area contributed by atoms with Crippen molar-refractivity contribution in [2.75, 3.05) is 0 Å². The molecule has 0 aliphatic rings. The molecule has 0 unspecified atom stereocenters. The van der Waals surface area contributed by atoms with E-state index in [-0.39, 0.29) is 10.8 Å². The van der Waals surface area contributed by atoms with Gasteiger partial charge in [0.05, 0.1) is 0 Å². The summed E-state index contributed by atoms with van der Waals surface area (Å²) in [6.45, 7) is 15.9. The third kappa shape index (κ3) is 3.27. The van der Waals surface area contributed by atoms with Crippen LogP contribution in [0.25, 0.3) is 0 Å². The standard InChI is InChI=1S/C14H23S/c1-10-8-11(13(2,3)4)9-12(15-10)14(5,6)7/h8-9H,1-7H3/q+1. The molecule has 1 aromatic rings. The third-order valence-corrected chi connectivity index (χ3v) is 3.91. The van der Waals surface area contributed by atoms with Gasteiger partial charge >= 0.3 is 0 Å². The second kappa shape index (κ2) is 3.86. The van der Waals surface area contributed by atoms with Crippen LogP contribution in [0, 0.1) is 6.92 Å². The summed E-state index contributed by atoms with van der Waals surface area (Å²) < 4.78 is 0. The zero-order chi connectivity index (χ0) is 11.9. The molecular formula is C14H23S+. The molecule has 0 aliphatic heterocycles. The van der Waals surface area contributed by atoms with Crippen LogP contribution in [0.3, 0.4) is 0 Å². The SMILES string of the molecule is Cc1cc(C(C)(C)C)cc(C(C)(C)C)[s+]1. The predicted octanol–water partition coefficient (Wildman–Crippen LogP) is 4.93. The van der Waals surface area contributed by atoms with E-state index in [4.69, 9.17) is 0 Å². The van der Waals surface area contributed by atoms with E-state index in [1.807, 2.05) is 11.3 Å². The average molecular weight is 223 g/mol. The molecule has 0 amide bonds. The van der Waals surface area contributed by atoms with E-state index >= 15 is 0 Å². The minimum atomic E-state index is 0.249. The highest BCUT2D eigenvalue weighted by Gasteiger charge is 2.28. The van der Waals surface area contributed by atoms with Gasteiger partial charge in [-0.2, -0.15) is 0 Å². The van der Waals surface area contributed by atoms with Crippen molar-refractivity contribution in [1.82, 2.24) is 0 Å². The maximum atomic E-state index is 2.37. The largest absolute Gasteiger partial charge is 0.218 e. The van der Waals surface area contributed by atoms with E-state index in [1.54, 1.807) is 0 Å². The molecule has 1 heterocycles. The van der Waals surface area contributed by atoms with Crippen molar-refractivity contribution in [2.24, 2.45) is 0 Å². The van der Waals surface area contributed by atoms with Crippen molar-refractivity contribution in [3.05, 3.63) is 27.5 Å². The molecule has 0 nitrogen and oxygen atoms in total. The summed E-state index contributed by atoms with van der Waals surface area (Å²) in [6.07, 6.45) is 0. The van der Waals surface area contributed by atoms with Crippen LogP contribution in [0.1, 0.15) is 56.9 Å². The number of rotatable bonds is 0. The summed E-state index contributed by atoms with van der Waals surface area (Å²) in [5.74, 6) is 0. The van der Waals surface area contributed by atoms with E-state index < -0.39 is 0 Å². The second-order valence-corrected chi connectivity index (χ2v) is 7.61. The van der Waals surface area contributed by atoms with E-state index in [1.165, 1.54) is 15.3 Å². The molecule has 0 saturated heterocycles. The summed E-state index contributed by atoms with van der Waals surface area (Å²) in [4.78, 5) is 2.89. The summed E-state index contributed by atoms with van der Waals surface area (Å²) in [5.41, 5.74) is 1.96. The van der Waals surface area contributed by atoms with Crippen molar-refractivity contribution in [3.8, 4) is 0 Å². The second-order valence-electron chi connectivity index (χ2n) is 6.32. The zero-order valence-corrected chi connectivity index (χ0v) is 11.9. The van der Waals surface area contributed by atoms with Crippen LogP contribution in [0.2, 0.25) is 0 Å². The minimum Gasteiger partial charge on any atom is -0.0561 e. The Balaban J connectivity index is 3.30. The quantitative estimate of drug-likeness (QED) is 0.547. The monoisotopic (exact) mass is 223 g/mol. The van der Waals surface area contributed by atoms with Gasteiger partial charge in [-0.3, -0.25) is 0 Å². The molecule has 84 valence electrons. The number of hydrogen-bond acceptors (Lipinski definition) is 0. The third-order valence-electron chi connectivity index (χ3n) is 2.52. The molecule has 0 aliphatic carbocycles. The van der Waals surface area contributed by atoms with Crippen LogP contribution in [-0.4, -0.2) is 0 Å². The van der Waals surface area contributed by atoms with E-state index in [2.05, 4.69) is 60.6 Å². The Hall–Kier alpha value is -0.430. The van der Waals surface area contributed by atoms with Gasteiger partial charge in [-0.1, -0.05) is 41.5 Å². The van der Waals surface area contributed by atoms with E-state index in [0.29, 0.717) is 0 Å². The molecule has 1 rings (SSSR count). The fourth-order valence-electron chi connectivity index (χ4n) is 1.44. The summed E-state index contributed by atoms with van der Waals surface area (Å²) in [7, 11) is 0. The van der Waals surface area contributed by atoms with Crippen LogP contribution in [-0.2, 0) is 10.8 Å². The minimum absolute atomic E-state index is 0.249.